The molecule has 2 heterocycles. The zero-order valence-electron chi connectivity index (χ0n) is 20.3. The van der Waals surface area contributed by atoms with Crippen LogP contribution in [0.3, 0.4) is 0 Å². The van der Waals surface area contributed by atoms with Crippen LogP contribution in [-0.4, -0.2) is 45.0 Å². The van der Waals surface area contributed by atoms with E-state index in [0.717, 1.165) is 11.3 Å². The number of imidazole rings is 1. The molecule has 0 amide bonds. The van der Waals surface area contributed by atoms with Gasteiger partial charge in [0.15, 0.2) is 23.0 Å². The van der Waals surface area contributed by atoms with Crippen LogP contribution in [0.1, 0.15) is 18.9 Å². The molecule has 4 aromatic rings. The van der Waals surface area contributed by atoms with Crippen molar-refractivity contribution in [2.75, 3.05) is 31.8 Å². The van der Waals surface area contributed by atoms with Crippen LogP contribution in [0.5, 0.6) is 5.75 Å². The van der Waals surface area contributed by atoms with Crippen molar-refractivity contribution in [3.05, 3.63) is 66.1 Å². The molecule has 0 bridgehead atoms. The highest BCUT2D eigenvalue weighted by Crippen LogP contribution is 2.32. The molecule has 0 radical (unpaired) electrons. The summed E-state index contributed by atoms with van der Waals surface area (Å²) in [5.41, 5.74) is 8.00. The van der Waals surface area contributed by atoms with Crippen LogP contribution in [0.25, 0.3) is 16.9 Å². The van der Waals surface area contributed by atoms with Crippen LogP contribution < -0.4 is 15.8 Å². The average Bonchev–Trinajstić information content (AvgIpc) is 3.30. The number of rotatable bonds is 9. The first-order valence-corrected chi connectivity index (χ1v) is 13.4. The molecule has 190 valence electrons. The van der Waals surface area contributed by atoms with Gasteiger partial charge in [-0.3, -0.25) is 4.40 Å². The van der Waals surface area contributed by atoms with Crippen LogP contribution in [0.4, 0.5) is 20.3 Å². The van der Waals surface area contributed by atoms with Gasteiger partial charge in [0.05, 0.1) is 33.6 Å². The molecule has 11 heteroatoms. The van der Waals surface area contributed by atoms with Crippen molar-refractivity contribution >= 4 is 26.9 Å². The highest BCUT2D eigenvalue weighted by atomic mass is 32.2. The van der Waals surface area contributed by atoms with Crippen molar-refractivity contribution in [1.29, 1.82) is 0 Å². The van der Waals surface area contributed by atoms with E-state index in [2.05, 4.69) is 19.6 Å². The Labute approximate surface area is 208 Å². The molecule has 0 spiro atoms. The zero-order chi connectivity index (χ0) is 25.9. The number of aryl methyl sites for hydroxylation is 1. The lowest BCUT2D eigenvalue weighted by molar-refractivity contribution is 0.372. The van der Waals surface area contributed by atoms with Gasteiger partial charge in [-0.15, -0.1) is 0 Å². The summed E-state index contributed by atoms with van der Waals surface area (Å²) < 4.78 is 53.1. The molecule has 0 aliphatic heterocycles. The van der Waals surface area contributed by atoms with Gasteiger partial charge < -0.3 is 15.8 Å². The number of nitrogens with one attached hydrogen (secondary N) is 1. The summed E-state index contributed by atoms with van der Waals surface area (Å²) in [4.78, 5) is 9.47. The highest BCUT2D eigenvalue weighted by molar-refractivity contribution is 7.93. The van der Waals surface area contributed by atoms with Crippen LogP contribution in [0.2, 0.25) is 0 Å². The van der Waals surface area contributed by atoms with E-state index in [0.29, 0.717) is 48.0 Å². The fourth-order valence-corrected chi connectivity index (χ4v) is 5.56. The second-order valence-electron chi connectivity index (χ2n) is 8.15. The van der Waals surface area contributed by atoms with E-state index in [9.17, 15) is 13.0 Å². The quantitative estimate of drug-likeness (QED) is 0.311. The fraction of sp³-hybridized carbons (Fsp3) is 0.280. The van der Waals surface area contributed by atoms with Gasteiger partial charge in [0.2, 0.25) is 5.82 Å². The summed E-state index contributed by atoms with van der Waals surface area (Å²) in [6.45, 7) is 2.93. The van der Waals surface area contributed by atoms with Crippen LogP contribution in [0, 0.1) is 11.6 Å². The maximum absolute atomic E-state index is 14.7. The fourth-order valence-electron chi connectivity index (χ4n) is 3.93. The Morgan fingerprint density at radius 3 is 2.72 bits per heavy atom. The molecule has 0 saturated carbocycles. The predicted molar refractivity (Wildman–Crippen MR) is 137 cm³/mol. The molecule has 3 N–H and O–H groups in total. The Morgan fingerprint density at radius 2 is 2.00 bits per heavy atom. The smallest absolute Gasteiger partial charge is 0.201 e. The molecule has 2 aromatic carbocycles. The van der Waals surface area contributed by atoms with Crippen LogP contribution in [0.15, 0.2) is 58.2 Å². The topological polar surface area (TPSA) is 107 Å². The second kappa shape index (κ2) is 10.6. The molecule has 0 aliphatic carbocycles. The number of benzene rings is 2. The number of ether oxygens (including phenoxy) is 1. The molecule has 0 saturated heterocycles. The SMILES string of the molecule is CCc1cc(Nc2nccn3c(-c4ccc(OC)c(F)c4F)cnc23)ccc1S(C)(=O)=NCCCN. The maximum Gasteiger partial charge on any atom is 0.201 e. The Morgan fingerprint density at radius 1 is 1.19 bits per heavy atom. The first-order chi connectivity index (χ1) is 17.3. The lowest BCUT2D eigenvalue weighted by Crippen LogP contribution is -2.06. The van der Waals surface area contributed by atoms with Gasteiger partial charge in [-0.1, -0.05) is 6.92 Å². The third-order valence-corrected chi connectivity index (χ3v) is 7.67. The summed E-state index contributed by atoms with van der Waals surface area (Å²) in [6.07, 6.45) is 7.61. The van der Waals surface area contributed by atoms with Gasteiger partial charge in [-0.2, -0.15) is 4.39 Å². The molecule has 4 rings (SSSR count). The minimum Gasteiger partial charge on any atom is -0.494 e. The highest BCUT2D eigenvalue weighted by Gasteiger charge is 2.19. The molecule has 0 aliphatic rings. The molecule has 1 unspecified atom stereocenters. The zero-order valence-corrected chi connectivity index (χ0v) is 21.1. The van der Waals surface area contributed by atoms with Gasteiger partial charge in [-0.25, -0.2) is 22.9 Å². The summed E-state index contributed by atoms with van der Waals surface area (Å²) in [7, 11) is -1.28. The van der Waals surface area contributed by atoms with Crippen LogP contribution >= 0.6 is 0 Å². The molecule has 1 atom stereocenters. The normalized spacial score (nSPS) is 12.9. The molecular formula is C25H28F2N6O2S. The first kappa shape index (κ1) is 25.5. The second-order valence-corrected chi connectivity index (χ2v) is 10.5. The average molecular weight is 515 g/mol. The van der Waals surface area contributed by atoms with Gasteiger partial charge >= 0.3 is 0 Å². The summed E-state index contributed by atoms with van der Waals surface area (Å²) in [5.74, 6) is -1.83. The number of nitrogens with two attached hydrogens (primary N) is 1. The van der Waals surface area contributed by atoms with E-state index in [1.54, 1.807) is 23.1 Å². The molecular weight excluding hydrogens is 486 g/mol. The van der Waals surface area contributed by atoms with Crippen molar-refractivity contribution in [1.82, 2.24) is 14.4 Å². The summed E-state index contributed by atoms with van der Waals surface area (Å²) >= 11 is 0. The van der Waals surface area contributed by atoms with E-state index in [-0.39, 0.29) is 11.3 Å². The van der Waals surface area contributed by atoms with Gasteiger partial charge in [0, 0.05) is 36.4 Å². The number of halogens is 2. The van der Waals surface area contributed by atoms with E-state index >= 15 is 0 Å². The summed E-state index contributed by atoms with van der Waals surface area (Å²) in [6, 6.07) is 8.34. The lowest BCUT2D eigenvalue weighted by atomic mass is 10.1. The Kier molecular flexibility index (Phi) is 7.51. The van der Waals surface area contributed by atoms with Gasteiger partial charge in [-0.05, 0) is 55.3 Å². The number of nitrogens with zero attached hydrogens (tertiary/aromatic N) is 4. The van der Waals surface area contributed by atoms with Crippen molar-refractivity contribution < 1.29 is 17.7 Å². The number of aromatic nitrogens is 3. The lowest BCUT2D eigenvalue weighted by Gasteiger charge is -2.14. The van der Waals surface area contributed by atoms with E-state index < -0.39 is 21.4 Å². The standard InChI is InChI=1S/C25H28F2N6O2S/c1-4-16-14-17(6-9-21(16)36(3,34)31-11-5-10-28)32-24-25-30-15-19(33(25)13-12-29-24)18-7-8-20(35-2)23(27)22(18)26/h6-9,12-15H,4-5,10-11,28H2,1-3H3,(H,29,32). The first-order valence-electron chi connectivity index (χ1n) is 11.4. The molecule has 36 heavy (non-hydrogen) atoms. The monoisotopic (exact) mass is 514 g/mol. The Bertz CT molecular complexity index is 1530. The van der Waals surface area contributed by atoms with Crippen molar-refractivity contribution in [2.45, 2.75) is 24.7 Å². The molecule has 8 nitrogen and oxygen atoms in total. The van der Waals surface area contributed by atoms with E-state index in [4.69, 9.17) is 10.5 Å². The number of fused-ring (bicyclic) bond motifs is 1. The predicted octanol–water partition coefficient (Wildman–Crippen LogP) is 4.79. The van der Waals surface area contributed by atoms with Crippen LogP contribution in [-0.2, 0) is 16.1 Å². The van der Waals surface area contributed by atoms with Crippen molar-refractivity contribution in [3.63, 3.8) is 0 Å². The van der Waals surface area contributed by atoms with Gasteiger partial charge in [0.25, 0.3) is 0 Å². The number of anilines is 2. The van der Waals surface area contributed by atoms with Crippen molar-refractivity contribution in [3.8, 4) is 17.0 Å². The maximum atomic E-state index is 14.7. The number of hydrogen-bond acceptors (Lipinski definition) is 7. The van der Waals surface area contributed by atoms with Crippen molar-refractivity contribution in [2.24, 2.45) is 10.1 Å². The molecule has 0 fully saturated rings. The minimum absolute atomic E-state index is 0.0478. The third kappa shape index (κ3) is 4.89. The largest absolute Gasteiger partial charge is 0.494 e. The number of methoxy groups -OCH3 is 1. The number of hydrogen-bond donors (Lipinski definition) is 2. The Balaban J connectivity index is 1.70. The van der Waals surface area contributed by atoms with E-state index in [1.807, 2.05) is 25.1 Å². The minimum atomic E-state index is -2.56. The third-order valence-electron chi connectivity index (χ3n) is 5.78. The Hall–Kier alpha value is -3.57. The molecule has 2 aromatic heterocycles. The van der Waals surface area contributed by atoms with Gasteiger partial charge in [0.1, 0.15) is 0 Å². The van der Waals surface area contributed by atoms with E-state index in [1.165, 1.54) is 25.4 Å². The summed E-state index contributed by atoms with van der Waals surface area (Å²) in [5, 5.41) is 3.24.